The predicted molar refractivity (Wildman–Crippen MR) is 65.3 cm³/mol. The summed E-state index contributed by atoms with van der Waals surface area (Å²) in [6.45, 7) is 4.98. The van der Waals surface area contributed by atoms with Crippen molar-refractivity contribution in [1.29, 1.82) is 0 Å². The lowest BCUT2D eigenvalue weighted by atomic mass is 10.0. The molecule has 92 valence electrons. The SMILES string of the molecule is Cc1cc(C(=O)O)c(C)n1CC1(C2CC2)CC1. The normalized spacial score (nSPS) is 21.5. The van der Waals surface area contributed by atoms with Crippen LogP contribution in [0.2, 0.25) is 0 Å². The molecule has 1 aromatic rings. The van der Waals surface area contributed by atoms with Gasteiger partial charge in [0.05, 0.1) is 5.56 Å². The molecule has 2 aliphatic rings. The molecule has 17 heavy (non-hydrogen) atoms. The lowest BCUT2D eigenvalue weighted by Gasteiger charge is -2.18. The van der Waals surface area contributed by atoms with Crippen molar-refractivity contribution in [1.82, 2.24) is 4.57 Å². The zero-order chi connectivity index (χ0) is 12.2. The van der Waals surface area contributed by atoms with Gasteiger partial charge in [-0.3, -0.25) is 0 Å². The summed E-state index contributed by atoms with van der Waals surface area (Å²) in [5.74, 6) is 0.109. The fourth-order valence-electron chi connectivity index (χ4n) is 3.13. The average Bonchev–Trinajstić information content (AvgIpc) is 3.13. The molecule has 0 aliphatic heterocycles. The van der Waals surface area contributed by atoms with Gasteiger partial charge in [-0.25, -0.2) is 4.79 Å². The Kier molecular flexibility index (Phi) is 2.16. The van der Waals surface area contributed by atoms with Crippen molar-refractivity contribution in [2.45, 2.75) is 46.1 Å². The summed E-state index contributed by atoms with van der Waals surface area (Å²) < 4.78 is 2.22. The highest BCUT2D eigenvalue weighted by Gasteiger charge is 2.53. The first-order chi connectivity index (χ1) is 8.03. The van der Waals surface area contributed by atoms with Gasteiger partial charge in [-0.05, 0) is 56.9 Å². The van der Waals surface area contributed by atoms with Crippen molar-refractivity contribution >= 4 is 5.97 Å². The first-order valence-electron chi connectivity index (χ1n) is 6.43. The average molecular weight is 233 g/mol. The summed E-state index contributed by atoms with van der Waals surface area (Å²) in [5, 5.41) is 9.13. The third-order valence-corrected chi connectivity index (χ3v) is 4.61. The molecular formula is C14H19NO2. The van der Waals surface area contributed by atoms with Crippen LogP contribution >= 0.6 is 0 Å². The van der Waals surface area contributed by atoms with Crippen LogP contribution in [0.25, 0.3) is 0 Å². The van der Waals surface area contributed by atoms with E-state index in [0.717, 1.165) is 23.9 Å². The second-order valence-electron chi connectivity index (χ2n) is 5.81. The van der Waals surface area contributed by atoms with E-state index in [1.807, 2.05) is 13.8 Å². The zero-order valence-corrected chi connectivity index (χ0v) is 10.5. The molecule has 1 heterocycles. The van der Waals surface area contributed by atoms with Gasteiger partial charge in [-0.2, -0.15) is 0 Å². The number of nitrogens with zero attached hydrogens (tertiary/aromatic N) is 1. The van der Waals surface area contributed by atoms with Crippen LogP contribution in [0.1, 0.15) is 47.4 Å². The molecule has 3 rings (SSSR count). The van der Waals surface area contributed by atoms with E-state index >= 15 is 0 Å². The van der Waals surface area contributed by atoms with Gasteiger partial charge < -0.3 is 9.67 Å². The highest BCUT2D eigenvalue weighted by atomic mass is 16.4. The maximum absolute atomic E-state index is 11.1. The van der Waals surface area contributed by atoms with Crippen molar-refractivity contribution in [3.8, 4) is 0 Å². The van der Waals surface area contributed by atoms with Gasteiger partial charge in [-0.15, -0.1) is 0 Å². The molecule has 3 heteroatoms. The zero-order valence-electron chi connectivity index (χ0n) is 10.5. The predicted octanol–water partition coefficient (Wildman–Crippen LogP) is 2.99. The third-order valence-electron chi connectivity index (χ3n) is 4.61. The van der Waals surface area contributed by atoms with Gasteiger partial charge in [0.15, 0.2) is 0 Å². The Morgan fingerprint density at radius 1 is 1.47 bits per heavy atom. The second-order valence-corrected chi connectivity index (χ2v) is 5.81. The summed E-state index contributed by atoms with van der Waals surface area (Å²) >= 11 is 0. The van der Waals surface area contributed by atoms with Crippen molar-refractivity contribution in [2.75, 3.05) is 0 Å². The molecule has 1 N–H and O–H groups in total. The molecule has 2 aliphatic carbocycles. The number of aryl methyl sites for hydroxylation is 1. The van der Waals surface area contributed by atoms with E-state index in [0.29, 0.717) is 11.0 Å². The molecule has 0 spiro atoms. The van der Waals surface area contributed by atoms with Crippen LogP contribution in [0.5, 0.6) is 0 Å². The molecule has 0 atom stereocenters. The lowest BCUT2D eigenvalue weighted by Crippen LogP contribution is -2.16. The van der Waals surface area contributed by atoms with Crippen LogP contribution in [0, 0.1) is 25.2 Å². The monoisotopic (exact) mass is 233 g/mol. The van der Waals surface area contributed by atoms with E-state index in [4.69, 9.17) is 5.11 Å². The highest BCUT2D eigenvalue weighted by Crippen LogP contribution is 2.62. The molecule has 2 fully saturated rings. The number of aromatic carboxylic acids is 1. The van der Waals surface area contributed by atoms with Crippen molar-refractivity contribution in [3.05, 3.63) is 23.0 Å². The first-order valence-corrected chi connectivity index (χ1v) is 6.43. The molecule has 3 nitrogen and oxygen atoms in total. The minimum Gasteiger partial charge on any atom is -0.478 e. The Bertz CT molecular complexity index is 479. The largest absolute Gasteiger partial charge is 0.478 e. The molecule has 0 radical (unpaired) electrons. The van der Waals surface area contributed by atoms with Crippen LogP contribution in [0.3, 0.4) is 0 Å². The molecule has 0 bridgehead atoms. The first kappa shape index (κ1) is 10.9. The fraction of sp³-hybridized carbons (Fsp3) is 0.643. The summed E-state index contributed by atoms with van der Waals surface area (Å²) in [6.07, 6.45) is 5.42. The Labute approximate surface area is 101 Å². The lowest BCUT2D eigenvalue weighted by molar-refractivity contribution is 0.0696. The van der Waals surface area contributed by atoms with Crippen LogP contribution in [-0.2, 0) is 6.54 Å². The quantitative estimate of drug-likeness (QED) is 0.868. The molecule has 0 saturated heterocycles. The minimum atomic E-state index is -0.805. The Morgan fingerprint density at radius 3 is 2.53 bits per heavy atom. The highest BCUT2D eigenvalue weighted by molar-refractivity contribution is 5.89. The number of carboxylic acids is 1. The Morgan fingerprint density at radius 2 is 2.12 bits per heavy atom. The summed E-state index contributed by atoms with van der Waals surface area (Å²) in [5.41, 5.74) is 2.99. The number of carbonyl (C=O) groups is 1. The molecule has 0 unspecified atom stereocenters. The Hall–Kier alpha value is -1.25. The molecule has 1 aromatic heterocycles. The number of aromatic nitrogens is 1. The summed E-state index contributed by atoms with van der Waals surface area (Å²) in [7, 11) is 0. The number of rotatable bonds is 4. The molecule has 0 amide bonds. The number of hydrogen-bond acceptors (Lipinski definition) is 1. The maximum atomic E-state index is 11.1. The van der Waals surface area contributed by atoms with Crippen LogP contribution in [0.15, 0.2) is 6.07 Å². The third kappa shape index (κ3) is 1.68. The van der Waals surface area contributed by atoms with E-state index in [9.17, 15) is 4.79 Å². The van der Waals surface area contributed by atoms with Gasteiger partial charge in [0, 0.05) is 17.9 Å². The van der Waals surface area contributed by atoms with Gasteiger partial charge in [0.2, 0.25) is 0 Å². The van der Waals surface area contributed by atoms with Gasteiger partial charge in [-0.1, -0.05) is 0 Å². The Balaban J connectivity index is 1.90. The van der Waals surface area contributed by atoms with Crippen LogP contribution in [-0.4, -0.2) is 15.6 Å². The van der Waals surface area contributed by atoms with E-state index in [1.165, 1.54) is 25.7 Å². The second kappa shape index (κ2) is 3.37. The molecule has 2 saturated carbocycles. The number of hydrogen-bond donors (Lipinski definition) is 1. The van der Waals surface area contributed by atoms with Crippen molar-refractivity contribution < 1.29 is 9.90 Å². The topological polar surface area (TPSA) is 42.2 Å². The van der Waals surface area contributed by atoms with E-state index in [1.54, 1.807) is 6.07 Å². The van der Waals surface area contributed by atoms with Gasteiger partial charge in [0.25, 0.3) is 0 Å². The van der Waals surface area contributed by atoms with Crippen LogP contribution in [0.4, 0.5) is 0 Å². The van der Waals surface area contributed by atoms with Crippen molar-refractivity contribution in [3.63, 3.8) is 0 Å². The van der Waals surface area contributed by atoms with E-state index < -0.39 is 5.97 Å². The molecule has 0 aromatic carbocycles. The standard InChI is InChI=1S/C14H19NO2/c1-9-7-12(13(16)17)10(2)15(9)8-14(5-6-14)11-3-4-11/h7,11H,3-6,8H2,1-2H3,(H,16,17). The van der Waals surface area contributed by atoms with Gasteiger partial charge >= 0.3 is 5.97 Å². The van der Waals surface area contributed by atoms with E-state index in [2.05, 4.69) is 4.57 Å². The maximum Gasteiger partial charge on any atom is 0.337 e. The summed E-state index contributed by atoms with van der Waals surface area (Å²) in [4.78, 5) is 11.1. The van der Waals surface area contributed by atoms with Crippen molar-refractivity contribution in [2.24, 2.45) is 11.3 Å². The summed E-state index contributed by atoms with van der Waals surface area (Å²) in [6, 6.07) is 1.81. The van der Waals surface area contributed by atoms with E-state index in [-0.39, 0.29) is 0 Å². The van der Waals surface area contributed by atoms with Gasteiger partial charge in [0.1, 0.15) is 0 Å². The smallest absolute Gasteiger partial charge is 0.337 e. The molecular weight excluding hydrogens is 214 g/mol. The fourth-order valence-corrected chi connectivity index (χ4v) is 3.13. The minimum absolute atomic E-state index is 0.467. The van der Waals surface area contributed by atoms with Crippen LogP contribution < -0.4 is 0 Å². The number of carboxylic acid groups (broad SMARTS) is 1.